The molecule has 2 aromatic rings. The molecule has 0 saturated heterocycles. The molecule has 0 bridgehead atoms. The molecule has 0 radical (unpaired) electrons. The van der Waals surface area contributed by atoms with Crippen molar-refractivity contribution in [3.63, 3.8) is 0 Å². The first-order chi connectivity index (χ1) is 9.56. The number of hydrogen-bond donors (Lipinski definition) is 1. The van der Waals surface area contributed by atoms with Gasteiger partial charge < -0.3 is 5.32 Å². The maximum Gasteiger partial charge on any atom is 0.102 e. The number of anilines is 1. The second-order valence-corrected chi connectivity index (χ2v) is 6.63. The fraction of sp³-hybridized carbons (Fsp3) is 0.333. The summed E-state index contributed by atoms with van der Waals surface area (Å²) < 4.78 is 0. The van der Waals surface area contributed by atoms with Crippen molar-refractivity contribution in [2.75, 3.05) is 11.6 Å². The lowest BCUT2D eigenvalue weighted by molar-refractivity contribution is 0.888. The van der Waals surface area contributed by atoms with Crippen LogP contribution in [-0.4, -0.2) is 11.2 Å². The second-order valence-electron chi connectivity index (χ2n) is 4.54. The molecule has 1 unspecified atom stereocenters. The zero-order valence-corrected chi connectivity index (χ0v) is 13.7. The van der Waals surface area contributed by atoms with Gasteiger partial charge in [-0.25, -0.2) is 4.98 Å². The number of aryl methyl sites for hydroxylation is 2. The van der Waals surface area contributed by atoms with Gasteiger partial charge >= 0.3 is 0 Å². The number of nitrogens with one attached hydrogen (secondary N) is 1. The molecule has 3 nitrogen and oxygen atoms in total. The van der Waals surface area contributed by atoms with Crippen LogP contribution in [0.2, 0.25) is 0 Å². The van der Waals surface area contributed by atoms with Gasteiger partial charge in [-0.3, -0.25) is 0 Å². The average molecular weight is 303 g/mol. The molecule has 0 aliphatic heterocycles. The van der Waals surface area contributed by atoms with Crippen molar-refractivity contribution in [1.29, 1.82) is 5.26 Å². The smallest absolute Gasteiger partial charge is 0.102 e. The summed E-state index contributed by atoms with van der Waals surface area (Å²) in [6.45, 7) is 6.15. The summed E-state index contributed by atoms with van der Waals surface area (Å²) in [6, 6.07) is 8.35. The monoisotopic (exact) mass is 303 g/mol. The summed E-state index contributed by atoms with van der Waals surface area (Å²) in [5.74, 6) is 0. The van der Waals surface area contributed by atoms with Crippen molar-refractivity contribution in [2.24, 2.45) is 0 Å². The molecule has 0 aliphatic carbocycles. The largest absolute Gasteiger partial charge is 0.377 e. The molecular weight excluding hydrogens is 286 g/mol. The molecule has 104 valence electrons. The molecule has 0 fully saturated rings. The summed E-state index contributed by atoms with van der Waals surface area (Å²) >= 11 is 3.30. The van der Waals surface area contributed by atoms with Crippen molar-refractivity contribution >= 4 is 28.8 Å². The summed E-state index contributed by atoms with van der Waals surface area (Å²) in [7, 11) is 0. The van der Waals surface area contributed by atoms with Crippen LogP contribution in [-0.2, 0) is 0 Å². The van der Waals surface area contributed by atoms with Crippen LogP contribution in [0.4, 0.5) is 5.69 Å². The van der Waals surface area contributed by atoms with Crippen molar-refractivity contribution in [2.45, 2.75) is 31.7 Å². The van der Waals surface area contributed by atoms with Crippen LogP contribution in [0.5, 0.6) is 0 Å². The Morgan fingerprint density at radius 3 is 2.70 bits per heavy atom. The number of hydrogen-bond acceptors (Lipinski definition) is 5. The number of nitriles is 1. The van der Waals surface area contributed by atoms with Gasteiger partial charge in [0.25, 0.3) is 0 Å². The Bertz CT molecular complexity index is 656. The van der Waals surface area contributed by atoms with E-state index in [4.69, 9.17) is 0 Å². The molecule has 1 aromatic carbocycles. The molecule has 20 heavy (non-hydrogen) atoms. The van der Waals surface area contributed by atoms with Gasteiger partial charge in [0, 0.05) is 9.77 Å². The third-order valence-electron chi connectivity index (χ3n) is 3.06. The molecule has 0 aliphatic rings. The first-order valence-electron chi connectivity index (χ1n) is 6.34. The zero-order chi connectivity index (χ0) is 14.7. The highest BCUT2D eigenvalue weighted by atomic mass is 32.2. The molecule has 1 atom stereocenters. The predicted octanol–water partition coefficient (Wildman–Crippen LogP) is 4.53. The standard InChI is InChI=1S/C15H17N3S2/c1-9-15(20-11(3)17-9)10(2)18-13-6-5-7-14(19-4)12(13)8-16/h5-7,10,18H,1-4H3. The molecule has 1 heterocycles. The van der Waals surface area contributed by atoms with Crippen LogP contribution in [0.3, 0.4) is 0 Å². The van der Waals surface area contributed by atoms with E-state index >= 15 is 0 Å². The van der Waals surface area contributed by atoms with Gasteiger partial charge in [0.15, 0.2) is 0 Å². The van der Waals surface area contributed by atoms with E-state index in [0.717, 1.165) is 21.3 Å². The van der Waals surface area contributed by atoms with Crippen molar-refractivity contribution in [3.8, 4) is 6.07 Å². The Hall–Kier alpha value is -1.51. The molecule has 0 saturated carbocycles. The van der Waals surface area contributed by atoms with E-state index in [1.165, 1.54) is 4.88 Å². The number of rotatable bonds is 4. The third-order valence-corrected chi connectivity index (χ3v) is 5.10. The number of thioether (sulfide) groups is 1. The molecule has 5 heteroatoms. The molecule has 0 spiro atoms. The van der Waals surface area contributed by atoms with Crippen molar-refractivity contribution in [3.05, 3.63) is 39.3 Å². The van der Waals surface area contributed by atoms with Gasteiger partial charge in [0.05, 0.1) is 28.0 Å². The van der Waals surface area contributed by atoms with Crippen LogP contribution in [0.1, 0.15) is 34.1 Å². The van der Waals surface area contributed by atoms with E-state index in [1.54, 1.807) is 23.1 Å². The van der Waals surface area contributed by atoms with E-state index in [-0.39, 0.29) is 6.04 Å². The van der Waals surface area contributed by atoms with Crippen LogP contribution in [0.15, 0.2) is 23.1 Å². The van der Waals surface area contributed by atoms with E-state index in [1.807, 2.05) is 38.3 Å². The minimum atomic E-state index is 0.144. The highest BCUT2D eigenvalue weighted by molar-refractivity contribution is 7.98. The minimum Gasteiger partial charge on any atom is -0.377 e. The summed E-state index contributed by atoms with van der Waals surface area (Å²) in [5.41, 5.74) is 2.66. The number of nitrogens with zero attached hydrogens (tertiary/aromatic N) is 2. The Kier molecular flexibility index (Phi) is 4.69. The Morgan fingerprint density at radius 1 is 1.40 bits per heavy atom. The number of aromatic nitrogens is 1. The predicted molar refractivity (Wildman–Crippen MR) is 86.6 cm³/mol. The minimum absolute atomic E-state index is 0.144. The van der Waals surface area contributed by atoms with E-state index in [0.29, 0.717) is 5.56 Å². The Labute approximate surface area is 128 Å². The fourth-order valence-corrected chi connectivity index (χ4v) is 3.69. The van der Waals surface area contributed by atoms with Gasteiger partial charge in [-0.1, -0.05) is 6.07 Å². The molecular formula is C15H17N3S2. The van der Waals surface area contributed by atoms with Gasteiger partial charge in [-0.2, -0.15) is 5.26 Å². The summed E-state index contributed by atoms with van der Waals surface area (Å²) in [5, 5.41) is 13.9. The molecule has 1 N–H and O–H groups in total. The van der Waals surface area contributed by atoms with Crippen LogP contribution in [0, 0.1) is 25.2 Å². The lowest BCUT2D eigenvalue weighted by atomic mass is 10.1. The highest BCUT2D eigenvalue weighted by Crippen LogP contribution is 2.31. The SMILES string of the molecule is CSc1cccc(NC(C)c2sc(C)nc2C)c1C#N. The lowest BCUT2D eigenvalue weighted by Gasteiger charge is -2.16. The summed E-state index contributed by atoms with van der Waals surface area (Å²) in [4.78, 5) is 6.68. The van der Waals surface area contributed by atoms with Crippen LogP contribution >= 0.6 is 23.1 Å². The van der Waals surface area contributed by atoms with Gasteiger partial charge in [-0.15, -0.1) is 23.1 Å². The molecule has 1 aromatic heterocycles. The van der Waals surface area contributed by atoms with Crippen LogP contribution < -0.4 is 5.32 Å². The fourth-order valence-electron chi connectivity index (χ4n) is 2.18. The summed E-state index contributed by atoms with van der Waals surface area (Å²) in [6.07, 6.45) is 1.99. The Balaban J connectivity index is 2.31. The first-order valence-corrected chi connectivity index (χ1v) is 8.38. The normalized spacial score (nSPS) is 11.9. The van der Waals surface area contributed by atoms with E-state index in [9.17, 15) is 5.26 Å². The Morgan fingerprint density at radius 2 is 2.15 bits per heavy atom. The lowest BCUT2D eigenvalue weighted by Crippen LogP contribution is -2.08. The zero-order valence-electron chi connectivity index (χ0n) is 12.0. The average Bonchev–Trinajstić information content (AvgIpc) is 2.77. The maximum absolute atomic E-state index is 9.36. The van der Waals surface area contributed by atoms with Gasteiger partial charge in [0.2, 0.25) is 0 Å². The highest BCUT2D eigenvalue weighted by Gasteiger charge is 2.15. The second kappa shape index (κ2) is 6.29. The van der Waals surface area contributed by atoms with E-state index < -0.39 is 0 Å². The molecule has 0 amide bonds. The van der Waals surface area contributed by atoms with Gasteiger partial charge in [0.1, 0.15) is 6.07 Å². The van der Waals surface area contributed by atoms with Crippen LogP contribution in [0.25, 0.3) is 0 Å². The first kappa shape index (κ1) is 14.9. The quantitative estimate of drug-likeness (QED) is 0.843. The topological polar surface area (TPSA) is 48.7 Å². The van der Waals surface area contributed by atoms with Gasteiger partial charge in [-0.05, 0) is 39.2 Å². The van der Waals surface area contributed by atoms with Crippen molar-refractivity contribution in [1.82, 2.24) is 4.98 Å². The third kappa shape index (κ3) is 2.97. The maximum atomic E-state index is 9.36. The molecule has 2 rings (SSSR count). The number of thiazole rings is 1. The number of benzene rings is 1. The van der Waals surface area contributed by atoms with E-state index in [2.05, 4.69) is 23.3 Å². The van der Waals surface area contributed by atoms with Crippen molar-refractivity contribution < 1.29 is 0 Å².